The van der Waals surface area contributed by atoms with Crippen molar-refractivity contribution in [3.8, 4) is 23.7 Å². The summed E-state index contributed by atoms with van der Waals surface area (Å²) in [5.74, 6) is 14.3. The van der Waals surface area contributed by atoms with Crippen molar-refractivity contribution in [2.45, 2.75) is 90.3 Å². The van der Waals surface area contributed by atoms with E-state index in [4.69, 9.17) is 0 Å². The van der Waals surface area contributed by atoms with Gasteiger partial charge in [-0.3, -0.25) is 4.21 Å². The predicted octanol–water partition coefficient (Wildman–Crippen LogP) is 7.18. The van der Waals surface area contributed by atoms with Gasteiger partial charge in [-0.25, -0.2) is 19.9 Å². The number of anilines is 1. The monoisotopic (exact) mass is 715 g/mol. The average molecular weight is 716 g/mol. The summed E-state index contributed by atoms with van der Waals surface area (Å²) in [5.41, 5.74) is 5.58. The molecular weight excluding hydrogens is 667 g/mol. The third-order valence-electron chi connectivity index (χ3n) is 8.74. The molecule has 1 fully saturated rings. The van der Waals surface area contributed by atoms with Crippen LogP contribution in [0.1, 0.15) is 99.9 Å². The van der Waals surface area contributed by atoms with Crippen LogP contribution in [0.15, 0.2) is 78.2 Å². The molecular formula is C43H49N5O3S. The number of ketones is 2. The average Bonchev–Trinajstić information content (AvgIpc) is 3.66. The third kappa shape index (κ3) is 13.6. The molecule has 52 heavy (non-hydrogen) atoms. The SMILES string of the molecule is CC(=O)CC(C)Cc1ccc(C#Cc2ccnc(N(C)C3CCCC3)n2)cc1.CC(=O)CC(C)Cc1ccc(C#Cc2ccnc(S(C)=O)n2)cc1. The van der Waals surface area contributed by atoms with E-state index in [1.807, 2.05) is 42.5 Å². The maximum Gasteiger partial charge on any atom is 0.226 e. The van der Waals surface area contributed by atoms with E-state index in [0.717, 1.165) is 35.6 Å². The van der Waals surface area contributed by atoms with Gasteiger partial charge in [-0.2, -0.15) is 0 Å². The molecule has 5 rings (SSSR count). The molecule has 0 radical (unpaired) electrons. The quantitative estimate of drug-likeness (QED) is 0.119. The van der Waals surface area contributed by atoms with Crippen molar-refractivity contribution in [2.75, 3.05) is 18.2 Å². The lowest BCUT2D eigenvalue weighted by atomic mass is 9.96. The van der Waals surface area contributed by atoms with Crippen molar-refractivity contribution < 1.29 is 13.8 Å². The van der Waals surface area contributed by atoms with Crippen LogP contribution in [-0.4, -0.2) is 55.1 Å². The van der Waals surface area contributed by atoms with Crippen LogP contribution in [0.2, 0.25) is 0 Å². The molecule has 0 spiro atoms. The number of carbonyl (C=O) groups is 2. The van der Waals surface area contributed by atoms with Gasteiger partial charge in [0.15, 0.2) is 0 Å². The Morgan fingerprint density at radius 2 is 1.19 bits per heavy atom. The van der Waals surface area contributed by atoms with Gasteiger partial charge in [0.1, 0.15) is 23.0 Å². The molecule has 0 N–H and O–H groups in total. The van der Waals surface area contributed by atoms with Gasteiger partial charge in [-0.1, -0.05) is 62.8 Å². The minimum absolute atomic E-state index is 0.224. The molecule has 270 valence electrons. The molecule has 9 heteroatoms. The van der Waals surface area contributed by atoms with Gasteiger partial charge < -0.3 is 14.5 Å². The number of carbonyl (C=O) groups excluding carboxylic acids is 2. The fourth-order valence-electron chi connectivity index (χ4n) is 6.24. The molecule has 0 aliphatic heterocycles. The minimum Gasteiger partial charge on any atom is -0.341 e. The highest BCUT2D eigenvalue weighted by atomic mass is 32.2. The zero-order valence-electron chi connectivity index (χ0n) is 31.2. The van der Waals surface area contributed by atoms with Crippen LogP contribution in [0.25, 0.3) is 0 Å². The van der Waals surface area contributed by atoms with E-state index < -0.39 is 10.8 Å². The second-order valence-corrected chi connectivity index (χ2v) is 15.1. The molecule has 1 aliphatic carbocycles. The van der Waals surface area contributed by atoms with E-state index in [1.165, 1.54) is 36.8 Å². The summed E-state index contributed by atoms with van der Waals surface area (Å²) in [5, 5.41) is 0.289. The number of benzene rings is 2. The highest BCUT2D eigenvalue weighted by molar-refractivity contribution is 7.84. The van der Waals surface area contributed by atoms with E-state index in [9.17, 15) is 13.8 Å². The number of aromatic nitrogens is 4. The molecule has 3 atom stereocenters. The van der Waals surface area contributed by atoms with E-state index in [2.05, 4.69) is 81.5 Å². The van der Waals surface area contributed by atoms with Gasteiger partial charge in [-0.05, 0) is 111 Å². The van der Waals surface area contributed by atoms with Crippen molar-refractivity contribution in [1.29, 1.82) is 0 Å². The Morgan fingerprint density at radius 1 is 0.731 bits per heavy atom. The number of hydrogen-bond acceptors (Lipinski definition) is 8. The van der Waals surface area contributed by atoms with Crippen LogP contribution in [0, 0.1) is 35.5 Å². The summed E-state index contributed by atoms with van der Waals surface area (Å²) in [6.45, 7) is 7.48. The summed E-state index contributed by atoms with van der Waals surface area (Å²) in [6.07, 6.45) is 12.9. The largest absolute Gasteiger partial charge is 0.341 e. The van der Waals surface area contributed by atoms with Crippen molar-refractivity contribution >= 4 is 28.3 Å². The smallest absolute Gasteiger partial charge is 0.226 e. The fraction of sp³-hybridized carbons (Fsp3) is 0.395. The van der Waals surface area contributed by atoms with E-state index >= 15 is 0 Å². The molecule has 1 aliphatic rings. The molecule has 1 saturated carbocycles. The zero-order chi connectivity index (χ0) is 37.5. The molecule has 8 nitrogen and oxygen atoms in total. The van der Waals surface area contributed by atoms with Gasteiger partial charge in [0.05, 0.1) is 10.8 Å². The number of rotatable bonds is 11. The van der Waals surface area contributed by atoms with Crippen molar-refractivity contribution in [3.63, 3.8) is 0 Å². The summed E-state index contributed by atoms with van der Waals surface area (Å²) < 4.78 is 11.4. The number of hydrogen-bond donors (Lipinski definition) is 0. The van der Waals surface area contributed by atoms with Gasteiger partial charge in [-0.15, -0.1) is 0 Å². The molecule has 0 bridgehead atoms. The predicted molar refractivity (Wildman–Crippen MR) is 208 cm³/mol. The summed E-state index contributed by atoms with van der Waals surface area (Å²) in [6, 6.07) is 20.4. The Kier molecular flexibility index (Phi) is 15.4. The van der Waals surface area contributed by atoms with Crippen molar-refractivity contribution in [3.05, 3.63) is 107 Å². The van der Waals surface area contributed by atoms with Gasteiger partial charge >= 0.3 is 0 Å². The van der Waals surface area contributed by atoms with E-state index in [-0.39, 0.29) is 16.7 Å². The first kappa shape index (κ1) is 39.8. The molecule has 2 heterocycles. The molecule has 4 aromatic rings. The van der Waals surface area contributed by atoms with Crippen molar-refractivity contribution in [2.24, 2.45) is 11.8 Å². The molecule has 0 saturated heterocycles. The summed E-state index contributed by atoms with van der Waals surface area (Å²) in [7, 11) is 0.863. The summed E-state index contributed by atoms with van der Waals surface area (Å²) in [4.78, 5) is 41.7. The molecule has 2 aromatic carbocycles. The maximum atomic E-state index is 11.4. The van der Waals surface area contributed by atoms with Crippen molar-refractivity contribution in [1.82, 2.24) is 19.9 Å². The Hall–Kier alpha value is -4.99. The normalized spacial score (nSPS) is 14.0. The lowest BCUT2D eigenvalue weighted by molar-refractivity contribution is -0.118. The lowest BCUT2D eigenvalue weighted by Crippen LogP contribution is -2.30. The lowest BCUT2D eigenvalue weighted by Gasteiger charge is -2.23. The second kappa shape index (κ2) is 20.2. The van der Waals surface area contributed by atoms with E-state index in [1.54, 1.807) is 38.6 Å². The highest BCUT2D eigenvalue weighted by Crippen LogP contribution is 2.25. The first-order valence-corrected chi connectivity index (χ1v) is 19.4. The van der Waals surface area contributed by atoms with Crippen LogP contribution >= 0.6 is 0 Å². The second-order valence-electron chi connectivity index (χ2n) is 13.8. The zero-order valence-corrected chi connectivity index (χ0v) is 32.0. The van der Waals surface area contributed by atoms with Gasteiger partial charge in [0.2, 0.25) is 11.1 Å². The Balaban J connectivity index is 0.000000236. The van der Waals surface area contributed by atoms with Gasteiger partial charge in [0, 0.05) is 55.7 Å². The molecule has 0 amide bonds. The van der Waals surface area contributed by atoms with Crippen LogP contribution in [0.3, 0.4) is 0 Å². The first-order valence-electron chi connectivity index (χ1n) is 17.9. The standard InChI is InChI=1S/C24H29N3O.C19H20N2O2S/c1-18(16-19(2)28)17-21-10-8-20(9-11-21)12-13-22-14-15-25-24(26-22)27(3)23-6-4-5-7-23;1-14(12-15(2)22)13-17-6-4-16(5-7-17)8-9-18-10-11-20-19(21-18)24(3)23/h8-11,14-15,18,23H,4-7,16-17H2,1-3H3;4-7,10-11,14H,12-13H2,1-3H3. The Bertz CT molecular complexity index is 1950. The number of nitrogens with zero attached hydrogens (tertiary/aromatic N) is 5. The third-order valence-corrected chi connectivity index (χ3v) is 9.45. The van der Waals surface area contributed by atoms with Crippen LogP contribution in [0.4, 0.5) is 5.95 Å². The Labute approximate surface area is 311 Å². The summed E-state index contributed by atoms with van der Waals surface area (Å²) >= 11 is 0. The number of Topliss-reactive ketones (excluding diaryl/α,β-unsaturated/α-hetero) is 2. The Morgan fingerprint density at radius 3 is 1.65 bits per heavy atom. The topological polar surface area (TPSA) is 106 Å². The van der Waals surface area contributed by atoms with Gasteiger partial charge in [0.25, 0.3) is 0 Å². The van der Waals surface area contributed by atoms with E-state index in [0.29, 0.717) is 36.4 Å². The van der Waals surface area contributed by atoms with Crippen LogP contribution in [0.5, 0.6) is 0 Å². The molecule has 3 unspecified atom stereocenters. The van der Waals surface area contributed by atoms with Crippen LogP contribution in [-0.2, 0) is 33.2 Å². The first-order chi connectivity index (χ1) is 24.9. The molecule has 2 aromatic heterocycles. The minimum atomic E-state index is -1.21. The highest BCUT2D eigenvalue weighted by Gasteiger charge is 2.21. The maximum absolute atomic E-state index is 11.4. The fourth-order valence-corrected chi connectivity index (χ4v) is 6.68. The van der Waals surface area contributed by atoms with Crippen LogP contribution < -0.4 is 4.90 Å².